The second-order valence-electron chi connectivity index (χ2n) is 6.83. The Morgan fingerprint density at radius 2 is 1.73 bits per heavy atom. The average Bonchev–Trinajstić information content (AvgIpc) is 2.76. The maximum atomic E-state index is 6.54. The van der Waals surface area contributed by atoms with E-state index < -0.39 is 16.8 Å². The molecule has 1 saturated heterocycles. The van der Waals surface area contributed by atoms with Crippen LogP contribution >= 0.6 is 0 Å². The van der Waals surface area contributed by atoms with Crippen molar-refractivity contribution in [1.82, 2.24) is 0 Å². The Bertz CT molecular complexity index is 399. The fourth-order valence-corrected chi connectivity index (χ4v) is 5.03. The van der Waals surface area contributed by atoms with Crippen molar-refractivity contribution in [3.05, 3.63) is 0 Å². The van der Waals surface area contributed by atoms with Gasteiger partial charge >= 0.3 is 0 Å². The number of ether oxygens (including phenoxy) is 5. The van der Waals surface area contributed by atoms with Crippen LogP contribution in [0.15, 0.2) is 0 Å². The van der Waals surface area contributed by atoms with Gasteiger partial charge in [0.05, 0.1) is 29.8 Å². The van der Waals surface area contributed by atoms with Crippen LogP contribution in [0.4, 0.5) is 0 Å². The molecule has 2 fully saturated rings. The van der Waals surface area contributed by atoms with Crippen molar-refractivity contribution in [3.63, 3.8) is 0 Å². The number of hydrogen-bond donors (Lipinski definition) is 0. The maximum Gasteiger partial charge on any atom is 0.136 e. The highest BCUT2D eigenvalue weighted by Gasteiger charge is 2.84. The predicted molar refractivity (Wildman–Crippen MR) is 84.1 cm³/mol. The summed E-state index contributed by atoms with van der Waals surface area (Å²) >= 11 is 0. The second-order valence-corrected chi connectivity index (χ2v) is 6.83. The summed E-state index contributed by atoms with van der Waals surface area (Å²) in [6.45, 7) is 10.9. The van der Waals surface area contributed by atoms with E-state index in [9.17, 15) is 0 Å². The Balaban J connectivity index is 2.59. The molecular weight excluding hydrogens is 284 g/mol. The van der Waals surface area contributed by atoms with Crippen LogP contribution in [0.25, 0.3) is 0 Å². The van der Waals surface area contributed by atoms with Crippen LogP contribution in [-0.4, -0.2) is 63.1 Å². The zero-order chi connectivity index (χ0) is 16.8. The summed E-state index contributed by atoms with van der Waals surface area (Å²) in [6, 6.07) is 0. The largest absolute Gasteiger partial charge is 0.378 e. The van der Waals surface area contributed by atoms with E-state index in [2.05, 4.69) is 27.7 Å². The topological polar surface area (TPSA) is 46.2 Å². The molecule has 0 N–H and O–H groups in total. The number of fused-ring (bicyclic) bond motifs is 1. The SMILES string of the molecule is CCOC1(CC)C(OC)C2C(OC)C(C)OC21C(C)(C)OC. The number of methoxy groups -OCH3 is 3. The van der Waals surface area contributed by atoms with Gasteiger partial charge in [0.1, 0.15) is 11.2 Å². The van der Waals surface area contributed by atoms with E-state index in [0.29, 0.717) is 6.61 Å². The summed E-state index contributed by atoms with van der Waals surface area (Å²) < 4.78 is 30.3. The van der Waals surface area contributed by atoms with Gasteiger partial charge in [-0.2, -0.15) is 0 Å². The molecule has 1 aliphatic heterocycles. The van der Waals surface area contributed by atoms with Gasteiger partial charge in [-0.15, -0.1) is 0 Å². The smallest absolute Gasteiger partial charge is 0.136 e. The molecule has 130 valence electrons. The van der Waals surface area contributed by atoms with Crippen molar-refractivity contribution in [2.45, 2.75) is 76.2 Å². The van der Waals surface area contributed by atoms with Crippen molar-refractivity contribution in [2.75, 3.05) is 27.9 Å². The lowest BCUT2D eigenvalue weighted by atomic mass is 9.48. The minimum absolute atomic E-state index is 0.0282. The van der Waals surface area contributed by atoms with E-state index in [0.717, 1.165) is 6.42 Å². The van der Waals surface area contributed by atoms with E-state index in [-0.39, 0.29) is 24.2 Å². The molecule has 0 aromatic carbocycles. The predicted octanol–water partition coefficient (Wildman–Crippen LogP) is 2.41. The lowest BCUT2D eigenvalue weighted by Gasteiger charge is -2.68. The van der Waals surface area contributed by atoms with Crippen LogP contribution < -0.4 is 0 Å². The first-order valence-electron chi connectivity index (χ1n) is 8.26. The number of rotatable bonds is 7. The first kappa shape index (κ1) is 18.1. The summed E-state index contributed by atoms with van der Waals surface area (Å²) in [5, 5.41) is 0. The molecule has 0 aromatic heterocycles. The van der Waals surface area contributed by atoms with E-state index in [1.54, 1.807) is 21.3 Å². The third-order valence-electron chi connectivity index (χ3n) is 5.93. The highest BCUT2D eigenvalue weighted by molar-refractivity contribution is 5.33. The zero-order valence-electron chi connectivity index (χ0n) is 15.3. The average molecular weight is 316 g/mol. The van der Waals surface area contributed by atoms with Crippen molar-refractivity contribution < 1.29 is 23.7 Å². The molecule has 0 radical (unpaired) electrons. The van der Waals surface area contributed by atoms with Gasteiger partial charge in [-0.05, 0) is 34.1 Å². The van der Waals surface area contributed by atoms with Gasteiger partial charge in [-0.25, -0.2) is 0 Å². The molecule has 6 unspecified atom stereocenters. The quantitative estimate of drug-likeness (QED) is 0.722. The second kappa shape index (κ2) is 6.02. The van der Waals surface area contributed by atoms with Gasteiger partial charge in [-0.1, -0.05) is 6.92 Å². The summed E-state index contributed by atoms with van der Waals surface area (Å²) in [4.78, 5) is 0. The zero-order valence-corrected chi connectivity index (χ0v) is 15.3. The van der Waals surface area contributed by atoms with Crippen molar-refractivity contribution in [1.29, 1.82) is 0 Å². The molecule has 1 aliphatic carbocycles. The highest BCUT2D eigenvalue weighted by Crippen LogP contribution is 2.66. The molecule has 0 bridgehead atoms. The molecule has 0 amide bonds. The van der Waals surface area contributed by atoms with Crippen molar-refractivity contribution in [3.8, 4) is 0 Å². The van der Waals surface area contributed by atoms with Crippen molar-refractivity contribution in [2.24, 2.45) is 5.92 Å². The van der Waals surface area contributed by atoms with E-state index in [4.69, 9.17) is 23.7 Å². The molecule has 0 spiro atoms. The molecule has 6 atom stereocenters. The minimum atomic E-state index is -0.583. The molecule has 5 nitrogen and oxygen atoms in total. The molecule has 2 rings (SSSR count). The Kier molecular flexibility index (Phi) is 4.97. The first-order chi connectivity index (χ1) is 10.3. The Morgan fingerprint density at radius 1 is 1.09 bits per heavy atom. The van der Waals surface area contributed by atoms with Crippen LogP contribution in [-0.2, 0) is 23.7 Å². The Labute approximate surface area is 134 Å². The van der Waals surface area contributed by atoms with Crippen molar-refractivity contribution >= 4 is 0 Å². The van der Waals surface area contributed by atoms with E-state index in [1.165, 1.54) is 0 Å². The van der Waals surface area contributed by atoms with Gasteiger partial charge in [0.2, 0.25) is 0 Å². The highest BCUT2D eigenvalue weighted by atomic mass is 16.6. The lowest BCUT2D eigenvalue weighted by molar-refractivity contribution is -0.382. The first-order valence-corrected chi connectivity index (χ1v) is 8.26. The summed E-state index contributed by atoms with van der Waals surface area (Å²) in [7, 11) is 5.21. The van der Waals surface area contributed by atoms with Gasteiger partial charge in [0.15, 0.2) is 0 Å². The molecular formula is C17H32O5. The summed E-state index contributed by atoms with van der Waals surface area (Å²) in [6.07, 6.45) is 0.670. The third-order valence-corrected chi connectivity index (χ3v) is 5.93. The molecule has 1 heterocycles. The molecule has 22 heavy (non-hydrogen) atoms. The van der Waals surface area contributed by atoms with Gasteiger partial charge in [0, 0.05) is 27.9 Å². The molecule has 2 aliphatic rings. The standard InChI is InChI=1S/C17H32O5/c1-9-16(21-10-2)14(19-7)12-13(18-6)11(3)22-17(12,16)15(4,5)20-8/h11-14H,9-10H2,1-8H3. The lowest BCUT2D eigenvalue weighted by Crippen LogP contribution is -2.86. The molecule has 1 saturated carbocycles. The fraction of sp³-hybridized carbons (Fsp3) is 1.00. The third kappa shape index (κ3) is 1.89. The van der Waals surface area contributed by atoms with Gasteiger partial charge in [0.25, 0.3) is 0 Å². The van der Waals surface area contributed by atoms with Crippen LogP contribution in [0.5, 0.6) is 0 Å². The van der Waals surface area contributed by atoms with Gasteiger partial charge < -0.3 is 23.7 Å². The molecule has 0 aromatic rings. The van der Waals surface area contributed by atoms with Crippen LogP contribution in [0.1, 0.15) is 41.0 Å². The van der Waals surface area contributed by atoms with Crippen LogP contribution in [0, 0.1) is 5.92 Å². The minimum Gasteiger partial charge on any atom is -0.378 e. The summed E-state index contributed by atoms with van der Waals surface area (Å²) in [5.41, 5.74) is -1.62. The van der Waals surface area contributed by atoms with Crippen LogP contribution in [0.2, 0.25) is 0 Å². The maximum absolute atomic E-state index is 6.54. The van der Waals surface area contributed by atoms with Crippen LogP contribution in [0.3, 0.4) is 0 Å². The van der Waals surface area contributed by atoms with E-state index in [1.807, 2.05) is 6.92 Å². The normalized spacial score (nSPS) is 44.7. The molecule has 5 heteroatoms. The number of hydrogen-bond acceptors (Lipinski definition) is 5. The monoisotopic (exact) mass is 316 g/mol. The Morgan fingerprint density at radius 3 is 2.14 bits per heavy atom. The Hall–Kier alpha value is -0.200. The van der Waals surface area contributed by atoms with E-state index >= 15 is 0 Å². The van der Waals surface area contributed by atoms with Gasteiger partial charge in [-0.3, -0.25) is 0 Å². The summed E-state index contributed by atoms with van der Waals surface area (Å²) in [5.74, 6) is 0.0824. The fourth-order valence-electron chi connectivity index (χ4n) is 5.03.